The minimum Gasteiger partial charge on any atom is -0.248 e. The first-order valence-corrected chi connectivity index (χ1v) is 3.74. The largest absolute Gasteiger partial charge is 0.248 e. The summed E-state index contributed by atoms with van der Waals surface area (Å²) < 4.78 is 0.446. The average molecular weight is 159 g/mol. The lowest BCUT2D eigenvalue weighted by atomic mass is 10.4. The van der Waals surface area contributed by atoms with Crippen molar-refractivity contribution < 1.29 is 0 Å². The van der Waals surface area contributed by atoms with Crippen LogP contribution in [0.1, 0.15) is 0 Å². The molecule has 0 saturated heterocycles. The molecule has 2 rings (SSSR count). The second kappa shape index (κ2) is 2.53. The number of rotatable bonds is 1. The van der Waals surface area contributed by atoms with E-state index in [4.69, 9.17) is 0 Å². The summed E-state index contributed by atoms with van der Waals surface area (Å²) in [5, 5.41) is 4.29. The molecule has 0 spiro atoms. The average Bonchev–Trinajstić information content (AvgIpc) is 2.55. The zero-order chi connectivity index (χ0) is 8.44. The molecule has 1 atom stereocenters. The molecule has 0 saturated carbocycles. The van der Waals surface area contributed by atoms with Crippen molar-refractivity contribution in [2.45, 2.75) is 0 Å². The van der Waals surface area contributed by atoms with Gasteiger partial charge in [0.1, 0.15) is 13.2 Å². The maximum atomic E-state index is 4.29. The smallest absolute Gasteiger partial charge is 0.182 e. The quantitative estimate of drug-likeness (QED) is 0.567. The zero-order valence-corrected chi connectivity index (χ0v) is 6.81. The molecule has 1 aliphatic heterocycles. The molecule has 1 aromatic heterocycles. The number of allylic oxidation sites excluding steroid dienone is 1. The van der Waals surface area contributed by atoms with Crippen molar-refractivity contribution in [1.82, 2.24) is 9.58 Å². The Bertz CT molecular complexity index is 315. The van der Waals surface area contributed by atoms with E-state index < -0.39 is 0 Å². The summed E-state index contributed by atoms with van der Waals surface area (Å²) >= 11 is 0. The Morgan fingerprint density at radius 3 is 3.00 bits per heavy atom. The maximum absolute atomic E-state index is 4.29. The first-order valence-electron chi connectivity index (χ1n) is 3.74. The fourth-order valence-corrected chi connectivity index (χ4v) is 1.15. The summed E-state index contributed by atoms with van der Waals surface area (Å²) in [5.41, 5.74) is 1.04. The highest BCUT2D eigenvalue weighted by Crippen LogP contribution is 2.22. The normalized spacial score (nSPS) is 26.4. The molecule has 3 heteroatoms. The molecule has 1 unspecified atom stereocenters. The third-order valence-corrected chi connectivity index (χ3v) is 1.89. The van der Waals surface area contributed by atoms with Gasteiger partial charge in [0.2, 0.25) is 0 Å². The molecule has 1 aromatic rings. The van der Waals surface area contributed by atoms with Crippen LogP contribution in [-0.2, 0) is 0 Å². The van der Waals surface area contributed by atoms with Crippen LogP contribution in [0.3, 0.4) is 0 Å². The molecule has 0 amide bonds. The molecule has 1 aliphatic rings. The summed E-state index contributed by atoms with van der Waals surface area (Å²) in [6, 6.07) is 3.75. The summed E-state index contributed by atoms with van der Waals surface area (Å²) in [6.07, 6.45) is 10.2. The van der Waals surface area contributed by atoms with Crippen LogP contribution in [0, 0.1) is 6.20 Å². The highest BCUT2D eigenvalue weighted by atomic mass is 15.6. The van der Waals surface area contributed by atoms with Gasteiger partial charge < -0.3 is 0 Å². The van der Waals surface area contributed by atoms with Gasteiger partial charge in [-0.2, -0.15) is 0 Å². The Labute approximate surface area is 71.3 Å². The lowest BCUT2D eigenvalue weighted by Crippen LogP contribution is -2.30. The van der Waals surface area contributed by atoms with E-state index >= 15 is 0 Å². The van der Waals surface area contributed by atoms with E-state index in [0.717, 1.165) is 5.69 Å². The predicted molar refractivity (Wildman–Crippen MR) is 48.4 cm³/mol. The van der Waals surface area contributed by atoms with Gasteiger partial charge in [-0.25, -0.2) is 4.98 Å². The molecule has 0 fully saturated rings. The van der Waals surface area contributed by atoms with Crippen molar-refractivity contribution in [3.05, 3.63) is 36.8 Å². The highest BCUT2D eigenvalue weighted by Gasteiger charge is 2.23. The minimum absolute atomic E-state index is 0.446. The first-order chi connectivity index (χ1) is 5.81. The van der Waals surface area contributed by atoms with Gasteiger partial charge in [-0.05, 0) is 6.07 Å². The Balaban J connectivity index is 2.43. The second-order valence-corrected chi connectivity index (χ2v) is 2.78. The monoisotopic (exact) mass is 159 g/mol. The van der Waals surface area contributed by atoms with Crippen molar-refractivity contribution in [2.75, 3.05) is 7.05 Å². The van der Waals surface area contributed by atoms with Crippen molar-refractivity contribution in [3.8, 4) is 0 Å². The third kappa shape index (κ3) is 1.04. The van der Waals surface area contributed by atoms with E-state index in [1.807, 2.05) is 25.4 Å². The fourth-order valence-electron chi connectivity index (χ4n) is 1.15. The summed E-state index contributed by atoms with van der Waals surface area (Å²) in [6.45, 7) is 0. The number of quaternary nitrogens is 1. The number of hydrogen-bond acceptors (Lipinski definition) is 2. The number of hydrogen-bond donors (Lipinski definition) is 0. The molecule has 0 bridgehead atoms. The maximum Gasteiger partial charge on any atom is 0.182 e. The van der Waals surface area contributed by atoms with Crippen LogP contribution < -0.4 is 4.59 Å². The van der Waals surface area contributed by atoms with Crippen LogP contribution in [-0.4, -0.2) is 18.2 Å². The minimum atomic E-state index is 0.446. The van der Waals surface area contributed by atoms with Crippen LogP contribution in [0.4, 0.5) is 5.69 Å². The summed E-state index contributed by atoms with van der Waals surface area (Å²) in [4.78, 5) is 3.93. The van der Waals surface area contributed by atoms with Crippen LogP contribution in [0.25, 0.3) is 0 Å². The molecule has 1 radical (unpaired) electrons. The molecule has 59 valence electrons. The molecule has 3 nitrogen and oxygen atoms in total. The second-order valence-electron chi connectivity index (χ2n) is 2.78. The van der Waals surface area contributed by atoms with E-state index in [-0.39, 0.29) is 0 Å². The van der Waals surface area contributed by atoms with E-state index in [2.05, 4.69) is 16.3 Å². The van der Waals surface area contributed by atoms with Gasteiger partial charge in [-0.15, -0.1) is 4.59 Å². The van der Waals surface area contributed by atoms with E-state index in [9.17, 15) is 0 Å². The van der Waals surface area contributed by atoms with Gasteiger partial charge in [0.05, 0.1) is 18.6 Å². The zero-order valence-electron chi connectivity index (χ0n) is 6.81. The van der Waals surface area contributed by atoms with Crippen LogP contribution in [0.5, 0.6) is 0 Å². The van der Waals surface area contributed by atoms with Crippen LogP contribution >= 0.6 is 0 Å². The SMILES string of the molecule is C[N+]1(c2cc[c]nc2)C=CC=N1. The first kappa shape index (κ1) is 7.18. The molecule has 0 aromatic carbocycles. The predicted octanol–water partition coefficient (Wildman–Crippen LogP) is 1.33. The number of pyridine rings is 1. The van der Waals surface area contributed by atoms with Crippen LogP contribution in [0.2, 0.25) is 0 Å². The Morgan fingerprint density at radius 1 is 1.50 bits per heavy atom. The van der Waals surface area contributed by atoms with E-state index in [1.54, 1.807) is 18.5 Å². The van der Waals surface area contributed by atoms with Crippen molar-refractivity contribution in [1.29, 1.82) is 0 Å². The van der Waals surface area contributed by atoms with Gasteiger partial charge in [0.15, 0.2) is 5.69 Å². The molecule has 0 aliphatic carbocycles. The molecular formula is C9H9N3+. The topological polar surface area (TPSA) is 25.2 Å². The lowest BCUT2D eigenvalue weighted by Gasteiger charge is -2.18. The molecular weight excluding hydrogens is 150 g/mol. The Morgan fingerprint density at radius 2 is 2.42 bits per heavy atom. The van der Waals surface area contributed by atoms with Gasteiger partial charge >= 0.3 is 0 Å². The van der Waals surface area contributed by atoms with Crippen LogP contribution in [0.15, 0.2) is 35.7 Å². The molecule has 12 heavy (non-hydrogen) atoms. The summed E-state index contributed by atoms with van der Waals surface area (Å²) in [7, 11) is 2.00. The van der Waals surface area contributed by atoms with Gasteiger partial charge in [-0.1, -0.05) is 5.10 Å². The number of nitrogens with zero attached hydrogens (tertiary/aromatic N) is 3. The fraction of sp³-hybridized carbons (Fsp3) is 0.111. The van der Waals surface area contributed by atoms with Crippen molar-refractivity contribution in [2.24, 2.45) is 5.10 Å². The molecule has 2 heterocycles. The molecule has 0 N–H and O–H groups in total. The van der Waals surface area contributed by atoms with E-state index in [0.29, 0.717) is 4.59 Å². The van der Waals surface area contributed by atoms with E-state index in [1.165, 1.54) is 0 Å². The highest BCUT2D eigenvalue weighted by molar-refractivity contribution is 5.75. The van der Waals surface area contributed by atoms with Gasteiger partial charge in [0.25, 0.3) is 0 Å². The summed E-state index contributed by atoms with van der Waals surface area (Å²) in [5.74, 6) is 0. The van der Waals surface area contributed by atoms with Crippen molar-refractivity contribution in [3.63, 3.8) is 0 Å². The lowest BCUT2D eigenvalue weighted by molar-refractivity contribution is 0.483. The standard InChI is InChI=1S/C9H9N3/c1-12(7-3-6-11-12)9-4-2-5-10-8-9/h2-4,6-8H,1H3/q+1. The van der Waals surface area contributed by atoms with Gasteiger partial charge in [0, 0.05) is 12.1 Å². The number of aromatic nitrogens is 1. The Kier molecular flexibility index (Phi) is 1.52. The van der Waals surface area contributed by atoms with Crippen molar-refractivity contribution >= 4 is 11.9 Å². The third-order valence-electron chi connectivity index (χ3n) is 1.89. The Hall–Kier alpha value is -1.48. The van der Waals surface area contributed by atoms with Gasteiger partial charge in [-0.3, -0.25) is 0 Å².